The molecule has 0 amide bonds. The number of aromatic nitrogens is 2. The van der Waals surface area contributed by atoms with Crippen LogP contribution in [0.1, 0.15) is 11.6 Å². The first-order valence-corrected chi connectivity index (χ1v) is 4.54. The van der Waals surface area contributed by atoms with Crippen LogP contribution in [0.2, 0.25) is 0 Å². The summed E-state index contributed by atoms with van der Waals surface area (Å²) >= 11 is 0. The third-order valence-corrected chi connectivity index (χ3v) is 3.24. The standard InChI is InChI=1S/C9H13N3/c1-12-4-6-7(5-12)9(6)8-2-3-10-11-8/h2-3,6-7,9H,4-5H2,1H3,(H,10,11)/t6-,7+,9+. The van der Waals surface area contributed by atoms with E-state index in [1.165, 1.54) is 18.8 Å². The molecule has 2 heterocycles. The first kappa shape index (κ1) is 6.66. The molecule has 0 aromatic carbocycles. The normalized spacial score (nSPS) is 39.9. The Hall–Kier alpha value is -0.830. The van der Waals surface area contributed by atoms with Crippen LogP contribution in [0.15, 0.2) is 12.3 Å². The lowest BCUT2D eigenvalue weighted by Gasteiger charge is -2.11. The molecule has 3 heteroatoms. The van der Waals surface area contributed by atoms with Crippen LogP contribution in [-0.4, -0.2) is 35.2 Å². The van der Waals surface area contributed by atoms with Gasteiger partial charge in [0.05, 0.1) is 5.69 Å². The van der Waals surface area contributed by atoms with Crippen molar-refractivity contribution in [1.29, 1.82) is 0 Å². The van der Waals surface area contributed by atoms with E-state index in [4.69, 9.17) is 0 Å². The van der Waals surface area contributed by atoms with Gasteiger partial charge in [0.1, 0.15) is 0 Å². The second-order valence-corrected chi connectivity index (χ2v) is 4.07. The number of nitrogens with one attached hydrogen (secondary N) is 1. The van der Waals surface area contributed by atoms with Gasteiger partial charge in [-0.15, -0.1) is 0 Å². The minimum absolute atomic E-state index is 0.771. The third kappa shape index (κ3) is 0.771. The van der Waals surface area contributed by atoms with Gasteiger partial charge >= 0.3 is 0 Å². The lowest BCUT2D eigenvalue weighted by Crippen LogP contribution is -2.18. The summed E-state index contributed by atoms with van der Waals surface area (Å²) in [6, 6.07) is 2.11. The molecule has 0 radical (unpaired) electrons. The number of piperidine rings is 1. The van der Waals surface area contributed by atoms with E-state index in [0.29, 0.717) is 0 Å². The van der Waals surface area contributed by atoms with Gasteiger partial charge < -0.3 is 4.90 Å². The van der Waals surface area contributed by atoms with Crippen molar-refractivity contribution in [2.75, 3.05) is 20.1 Å². The highest BCUT2D eigenvalue weighted by Gasteiger charge is 2.56. The Labute approximate surface area is 71.8 Å². The summed E-state index contributed by atoms with van der Waals surface area (Å²) in [5.41, 5.74) is 1.28. The van der Waals surface area contributed by atoms with Gasteiger partial charge in [-0.1, -0.05) is 0 Å². The van der Waals surface area contributed by atoms with E-state index in [-0.39, 0.29) is 0 Å². The largest absolute Gasteiger partial charge is 0.306 e. The maximum absolute atomic E-state index is 4.24. The van der Waals surface area contributed by atoms with Crippen LogP contribution >= 0.6 is 0 Å². The Bertz CT molecular complexity index is 268. The summed E-state index contributed by atoms with van der Waals surface area (Å²) in [6.07, 6.45) is 1.92. The molecule has 64 valence electrons. The smallest absolute Gasteiger partial charge is 0.0659 e. The molecule has 3 rings (SSSR count). The average molecular weight is 163 g/mol. The Morgan fingerprint density at radius 2 is 2.25 bits per heavy atom. The topological polar surface area (TPSA) is 31.9 Å². The van der Waals surface area contributed by atoms with Crippen molar-refractivity contribution in [3.05, 3.63) is 18.0 Å². The summed E-state index contributed by atoms with van der Waals surface area (Å²) in [5.74, 6) is 2.57. The Morgan fingerprint density at radius 3 is 2.83 bits per heavy atom. The van der Waals surface area contributed by atoms with Crippen molar-refractivity contribution < 1.29 is 0 Å². The maximum Gasteiger partial charge on any atom is 0.0659 e. The zero-order chi connectivity index (χ0) is 8.13. The highest BCUT2D eigenvalue weighted by atomic mass is 15.2. The van der Waals surface area contributed by atoms with Gasteiger partial charge in [-0.05, 0) is 24.9 Å². The van der Waals surface area contributed by atoms with Crippen LogP contribution < -0.4 is 0 Å². The molecule has 1 aliphatic carbocycles. The zero-order valence-electron chi connectivity index (χ0n) is 7.20. The fourth-order valence-corrected chi connectivity index (χ4v) is 2.63. The van der Waals surface area contributed by atoms with Crippen molar-refractivity contribution in [3.8, 4) is 0 Å². The van der Waals surface area contributed by atoms with E-state index in [1.54, 1.807) is 0 Å². The lowest BCUT2D eigenvalue weighted by molar-refractivity contribution is 0.361. The minimum atomic E-state index is 0.771. The fraction of sp³-hybridized carbons (Fsp3) is 0.667. The molecule has 1 aromatic heterocycles. The van der Waals surface area contributed by atoms with Crippen molar-refractivity contribution in [2.45, 2.75) is 5.92 Å². The van der Waals surface area contributed by atoms with E-state index >= 15 is 0 Å². The van der Waals surface area contributed by atoms with Crippen LogP contribution in [0.25, 0.3) is 0 Å². The molecule has 1 saturated carbocycles. The summed E-state index contributed by atoms with van der Waals surface area (Å²) in [4.78, 5) is 2.42. The van der Waals surface area contributed by atoms with Gasteiger partial charge in [0.25, 0.3) is 0 Å². The number of hydrogen-bond acceptors (Lipinski definition) is 2. The van der Waals surface area contributed by atoms with Crippen LogP contribution in [0, 0.1) is 11.8 Å². The molecule has 2 fully saturated rings. The molecule has 1 N–H and O–H groups in total. The fourth-order valence-electron chi connectivity index (χ4n) is 2.63. The van der Waals surface area contributed by atoms with Crippen LogP contribution in [0.3, 0.4) is 0 Å². The number of hydrogen-bond donors (Lipinski definition) is 1. The summed E-state index contributed by atoms with van der Waals surface area (Å²) in [6.45, 7) is 2.53. The van der Waals surface area contributed by atoms with Crippen molar-refractivity contribution in [1.82, 2.24) is 15.1 Å². The lowest BCUT2D eigenvalue weighted by atomic mass is 10.2. The molecule has 0 spiro atoms. The monoisotopic (exact) mass is 163 g/mol. The number of H-pyrrole nitrogens is 1. The molecule has 1 aliphatic heterocycles. The van der Waals surface area contributed by atoms with Crippen LogP contribution in [0.5, 0.6) is 0 Å². The maximum atomic E-state index is 4.24. The molecule has 2 aliphatic rings. The van der Waals surface area contributed by atoms with Crippen molar-refractivity contribution in [2.24, 2.45) is 11.8 Å². The van der Waals surface area contributed by atoms with Gasteiger partial charge in [-0.2, -0.15) is 5.10 Å². The number of rotatable bonds is 1. The Balaban J connectivity index is 1.78. The minimum Gasteiger partial charge on any atom is -0.306 e. The van der Waals surface area contributed by atoms with Gasteiger partial charge in [-0.25, -0.2) is 0 Å². The SMILES string of the molecule is CN1C[C@@H]2[C@H](C1)[C@H]2c1cc[nH]n1. The van der Waals surface area contributed by atoms with E-state index in [0.717, 1.165) is 17.8 Å². The van der Waals surface area contributed by atoms with Crippen LogP contribution in [0.4, 0.5) is 0 Å². The van der Waals surface area contributed by atoms with E-state index < -0.39 is 0 Å². The quantitative estimate of drug-likeness (QED) is 0.660. The van der Waals surface area contributed by atoms with E-state index in [1.807, 2.05) is 6.20 Å². The summed E-state index contributed by atoms with van der Waals surface area (Å²) in [5, 5.41) is 7.13. The summed E-state index contributed by atoms with van der Waals surface area (Å²) < 4.78 is 0. The second kappa shape index (κ2) is 2.10. The molecule has 0 unspecified atom stereocenters. The first-order valence-electron chi connectivity index (χ1n) is 4.54. The molecular formula is C9H13N3. The van der Waals surface area contributed by atoms with Gasteiger partial charge in [-0.3, -0.25) is 5.10 Å². The molecule has 1 aromatic rings. The number of nitrogens with zero attached hydrogens (tertiary/aromatic N) is 2. The van der Waals surface area contributed by atoms with Crippen molar-refractivity contribution >= 4 is 0 Å². The molecule has 12 heavy (non-hydrogen) atoms. The number of likely N-dealkylation sites (tertiary alicyclic amines) is 1. The molecule has 1 saturated heterocycles. The molecular weight excluding hydrogens is 150 g/mol. The predicted molar refractivity (Wildman–Crippen MR) is 45.8 cm³/mol. The predicted octanol–water partition coefficient (Wildman–Crippen LogP) is 0.685. The molecule has 0 bridgehead atoms. The Kier molecular flexibility index (Phi) is 1.17. The van der Waals surface area contributed by atoms with Gasteiger partial charge in [0.15, 0.2) is 0 Å². The van der Waals surface area contributed by atoms with Crippen LogP contribution in [-0.2, 0) is 0 Å². The van der Waals surface area contributed by atoms with Crippen molar-refractivity contribution in [3.63, 3.8) is 0 Å². The van der Waals surface area contributed by atoms with E-state index in [9.17, 15) is 0 Å². The summed E-state index contributed by atoms with van der Waals surface area (Å²) in [7, 11) is 2.20. The molecule has 3 atom stereocenters. The highest BCUT2D eigenvalue weighted by Crippen LogP contribution is 2.57. The average Bonchev–Trinajstić information content (AvgIpc) is 2.58. The number of fused-ring (bicyclic) bond motifs is 1. The van der Waals surface area contributed by atoms with E-state index in [2.05, 4.69) is 28.2 Å². The first-order chi connectivity index (χ1) is 5.86. The molecule has 3 nitrogen and oxygen atoms in total. The zero-order valence-corrected chi connectivity index (χ0v) is 7.20. The Morgan fingerprint density at radius 1 is 1.50 bits per heavy atom. The number of aromatic amines is 1. The third-order valence-electron chi connectivity index (χ3n) is 3.24. The van der Waals surface area contributed by atoms with Gasteiger partial charge in [0.2, 0.25) is 0 Å². The highest BCUT2D eigenvalue weighted by molar-refractivity contribution is 5.23. The second-order valence-electron chi connectivity index (χ2n) is 4.07. The van der Waals surface area contributed by atoms with Gasteiger partial charge in [0, 0.05) is 25.2 Å².